The fourth-order valence-corrected chi connectivity index (χ4v) is 2.21. The smallest absolute Gasteiger partial charge is 0.168 e. The lowest BCUT2D eigenvalue weighted by atomic mass is 9.77. The third kappa shape index (κ3) is 1.58. The summed E-state index contributed by atoms with van der Waals surface area (Å²) < 4.78 is 11.1. The lowest BCUT2D eigenvalue weighted by Crippen LogP contribution is -2.53. The summed E-state index contributed by atoms with van der Waals surface area (Å²) >= 11 is 0. The van der Waals surface area contributed by atoms with Gasteiger partial charge in [0.25, 0.3) is 0 Å². The van der Waals surface area contributed by atoms with Crippen molar-refractivity contribution in [3.63, 3.8) is 0 Å². The molecule has 0 unspecified atom stereocenters. The molecule has 0 aromatic rings. The summed E-state index contributed by atoms with van der Waals surface area (Å²) in [6.45, 7) is 2.89. The molecular formula is C10H17NO3. The number of hydrogen-bond acceptors (Lipinski definition) is 4. The summed E-state index contributed by atoms with van der Waals surface area (Å²) in [5, 5.41) is 0. The Morgan fingerprint density at radius 3 is 2.07 bits per heavy atom. The SMILES string of the molecule is CC(=O)C1(N)CCC2(CC1)OCCO2. The summed E-state index contributed by atoms with van der Waals surface area (Å²) in [6.07, 6.45) is 2.82. The molecule has 2 rings (SSSR count). The zero-order chi connectivity index (χ0) is 10.2. The number of ketones is 1. The Kier molecular flexibility index (Phi) is 2.37. The molecule has 0 atom stereocenters. The van der Waals surface area contributed by atoms with Gasteiger partial charge in [0.1, 0.15) is 5.78 Å². The minimum atomic E-state index is -0.638. The first-order valence-electron chi connectivity index (χ1n) is 5.14. The maximum atomic E-state index is 11.3. The van der Waals surface area contributed by atoms with Crippen LogP contribution in [-0.4, -0.2) is 30.3 Å². The first kappa shape index (κ1) is 10.1. The van der Waals surface area contributed by atoms with Crippen LogP contribution < -0.4 is 5.73 Å². The third-order valence-electron chi connectivity index (χ3n) is 3.42. The molecule has 2 aliphatic rings. The van der Waals surface area contributed by atoms with E-state index < -0.39 is 11.3 Å². The first-order valence-corrected chi connectivity index (χ1v) is 5.14. The standard InChI is InChI=1S/C10H17NO3/c1-8(12)9(11)2-4-10(5-3-9)13-6-7-14-10/h2-7,11H2,1H3. The first-order chi connectivity index (χ1) is 6.56. The average molecular weight is 199 g/mol. The quantitative estimate of drug-likeness (QED) is 0.671. The summed E-state index contributed by atoms with van der Waals surface area (Å²) in [5.41, 5.74) is 5.35. The Labute approximate surface area is 83.7 Å². The lowest BCUT2D eigenvalue weighted by molar-refractivity contribution is -0.185. The molecule has 0 bridgehead atoms. The van der Waals surface area contributed by atoms with Crippen LogP contribution in [0.1, 0.15) is 32.6 Å². The molecule has 80 valence electrons. The van der Waals surface area contributed by atoms with Crippen molar-refractivity contribution in [2.45, 2.75) is 43.9 Å². The third-order valence-corrected chi connectivity index (χ3v) is 3.42. The van der Waals surface area contributed by atoms with Crippen molar-refractivity contribution in [1.82, 2.24) is 0 Å². The highest BCUT2D eigenvalue weighted by atomic mass is 16.7. The Morgan fingerprint density at radius 2 is 1.64 bits per heavy atom. The molecule has 4 heteroatoms. The van der Waals surface area contributed by atoms with Crippen LogP contribution in [-0.2, 0) is 14.3 Å². The van der Waals surface area contributed by atoms with Gasteiger partial charge < -0.3 is 15.2 Å². The van der Waals surface area contributed by atoms with E-state index in [1.54, 1.807) is 6.92 Å². The van der Waals surface area contributed by atoms with Crippen LogP contribution in [0.5, 0.6) is 0 Å². The van der Waals surface area contributed by atoms with Crippen LogP contribution in [0.15, 0.2) is 0 Å². The number of carbonyl (C=O) groups excluding carboxylic acids is 1. The molecule has 1 spiro atoms. The van der Waals surface area contributed by atoms with Crippen molar-refractivity contribution in [2.75, 3.05) is 13.2 Å². The van der Waals surface area contributed by atoms with Gasteiger partial charge in [-0.25, -0.2) is 0 Å². The van der Waals surface area contributed by atoms with Crippen LogP contribution in [0.25, 0.3) is 0 Å². The van der Waals surface area contributed by atoms with Gasteiger partial charge >= 0.3 is 0 Å². The zero-order valence-corrected chi connectivity index (χ0v) is 8.54. The monoisotopic (exact) mass is 199 g/mol. The molecule has 4 nitrogen and oxygen atoms in total. The topological polar surface area (TPSA) is 61.6 Å². The van der Waals surface area contributed by atoms with E-state index in [1.807, 2.05) is 0 Å². The van der Waals surface area contributed by atoms with E-state index >= 15 is 0 Å². The Bertz CT molecular complexity index is 236. The number of ether oxygens (including phenoxy) is 2. The van der Waals surface area contributed by atoms with Crippen LogP contribution in [0.4, 0.5) is 0 Å². The van der Waals surface area contributed by atoms with E-state index in [9.17, 15) is 4.79 Å². The maximum Gasteiger partial charge on any atom is 0.168 e. The Balaban J connectivity index is 2.01. The molecule has 0 amide bonds. The van der Waals surface area contributed by atoms with E-state index in [1.165, 1.54) is 0 Å². The predicted molar refractivity (Wildman–Crippen MR) is 50.7 cm³/mol. The van der Waals surface area contributed by atoms with E-state index in [4.69, 9.17) is 15.2 Å². The molecule has 0 aromatic heterocycles. The van der Waals surface area contributed by atoms with Gasteiger partial charge in [-0.2, -0.15) is 0 Å². The highest BCUT2D eigenvalue weighted by Gasteiger charge is 2.46. The molecule has 1 aliphatic carbocycles. The summed E-state index contributed by atoms with van der Waals surface area (Å²) in [5.74, 6) is -0.344. The number of carbonyl (C=O) groups is 1. The average Bonchev–Trinajstić information content (AvgIpc) is 2.60. The second-order valence-corrected chi connectivity index (χ2v) is 4.32. The Hall–Kier alpha value is -0.450. The molecule has 1 saturated carbocycles. The van der Waals surface area contributed by atoms with Crippen molar-refractivity contribution in [3.8, 4) is 0 Å². The van der Waals surface area contributed by atoms with Gasteiger partial charge in [0.15, 0.2) is 5.79 Å². The lowest BCUT2D eigenvalue weighted by Gasteiger charge is -2.39. The molecule has 1 heterocycles. The van der Waals surface area contributed by atoms with E-state index in [2.05, 4.69) is 0 Å². The van der Waals surface area contributed by atoms with Crippen LogP contribution >= 0.6 is 0 Å². The summed E-state index contributed by atoms with van der Waals surface area (Å²) in [7, 11) is 0. The van der Waals surface area contributed by atoms with Crippen LogP contribution in [0.3, 0.4) is 0 Å². The second kappa shape index (κ2) is 3.29. The van der Waals surface area contributed by atoms with E-state index in [-0.39, 0.29) is 5.78 Å². The van der Waals surface area contributed by atoms with Gasteiger partial charge in [0.2, 0.25) is 0 Å². The molecule has 0 aromatic carbocycles. The van der Waals surface area contributed by atoms with Crippen LogP contribution in [0.2, 0.25) is 0 Å². The van der Waals surface area contributed by atoms with Crippen molar-refractivity contribution >= 4 is 5.78 Å². The molecule has 14 heavy (non-hydrogen) atoms. The minimum absolute atomic E-state index is 0.0744. The van der Waals surface area contributed by atoms with E-state index in [0.29, 0.717) is 26.1 Å². The minimum Gasteiger partial charge on any atom is -0.348 e. The molecular weight excluding hydrogens is 182 g/mol. The fourth-order valence-electron chi connectivity index (χ4n) is 2.21. The van der Waals surface area contributed by atoms with Gasteiger partial charge in [-0.3, -0.25) is 4.79 Å². The highest BCUT2D eigenvalue weighted by molar-refractivity contribution is 5.85. The van der Waals surface area contributed by atoms with Gasteiger partial charge in [-0.05, 0) is 19.8 Å². The normalized spacial score (nSPS) is 29.3. The maximum absolute atomic E-state index is 11.3. The fraction of sp³-hybridized carbons (Fsp3) is 0.900. The summed E-state index contributed by atoms with van der Waals surface area (Å²) in [4.78, 5) is 11.3. The Morgan fingerprint density at radius 1 is 1.14 bits per heavy atom. The summed E-state index contributed by atoms with van der Waals surface area (Å²) in [6, 6.07) is 0. The highest BCUT2D eigenvalue weighted by Crippen LogP contribution is 2.39. The molecule has 2 N–H and O–H groups in total. The van der Waals surface area contributed by atoms with Crippen LogP contribution in [0, 0.1) is 0 Å². The van der Waals surface area contributed by atoms with Gasteiger partial charge in [-0.15, -0.1) is 0 Å². The molecule has 2 fully saturated rings. The number of rotatable bonds is 1. The van der Waals surface area contributed by atoms with E-state index in [0.717, 1.165) is 12.8 Å². The second-order valence-electron chi connectivity index (χ2n) is 4.32. The van der Waals surface area contributed by atoms with Gasteiger partial charge in [0, 0.05) is 12.8 Å². The van der Waals surface area contributed by atoms with Gasteiger partial charge in [0.05, 0.1) is 18.8 Å². The number of hydrogen-bond donors (Lipinski definition) is 1. The molecule has 1 saturated heterocycles. The van der Waals surface area contributed by atoms with Crippen molar-refractivity contribution in [2.24, 2.45) is 5.73 Å². The van der Waals surface area contributed by atoms with Crippen molar-refractivity contribution in [1.29, 1.82) is 0 Å². The number of nitrogens with two attached hydrogens (primary N) is 1. The van der Waals surface area contributed by atoms with Crippen molar-refractivity contribution < 1.29 is 14.3 Å². The molecule has 1 aliphatic heterocycles. The predicted octanol–water partition coefficient (Wildman–Crippen LogP) is 0.590. The molecule has 0 radical (unpaired) electrons. The number of Topliss-reactive ketones (excluding diaryl/α,β-unsaturated/α-hetero) is 1. The van der Waals surface area contributed by atoms with Crippen molar-refractivity contribution in [3.05, 3.63) is 0 Å². The largest absolute Gasteiger partial charge is 0.348 e. The van der Waals surface area contributed by atoms with Gasteiger partial charge in [-0.1, -0.05) is 0 Å². The zero-order valence-electron chi connectivity index (χ0n) is 8.54.